The van der Waals surface area contributed by atoms with Crippen molar-refractivity contribution in [3.8, 4) is 0 Å². The van der Waals surface area contributed by atoms with Gasteiger partial charge in [-0.05, 0) is 26.0 Å². The Morgan fingerprint density at radius 3 is 2.14 bits per heavy atom. The summed E-state index contributed by atoms with van der Waals surface area (Å²) >= 11 is 6.27. The number of carboxylic acid groups (broad SMARTS) is 1. The average Bonchev–Trinajstić information content (AvgIpc) is 2.37. The Hall–Kier alpha value is -1.73. The Bertz CT molecular complexity index is 566. The highest BCUT2D eigenvalue weighted by atomic mass is 32.2. The van der Waals surface area contributed by atoms with E-state index in [1.54, 1.807) is 18.2 Å². The summed E-state index contributed by atoms with van der Waals surface area (Å²) < 4.78 is 0.326. The summed E-state index contributed by atoms with van der Waals surface area (Å²) in [6.45, 7) is 2.82. The van der Waals surface area contributed by atoms with Crippen LogP contribution in [0.4, 0.5) is 5.69 Å². The zero-order valence-electron chi connectivity index (χ0n) is 11.6. The molecule has 21 heavy (non-hydrogen) atoms. The second kappa shape index (κ2) is 7.90. The van der Waals surface area contributed by atoms with E-state index in [9.17, 15) is 14.4 Å². The molecule has 1 aromatic carbocycles. The molecule has 0 aromatic heterocycles. The second-order valence-corrected chi connectivity index (χ2v) is 6.02. The van der Waals surface area contributed by atoms with Crippen LogP contribution in [0.15, 0.2) is 18.2 Å². The summed E-state index contributed by atoms with van der Waals surface area (Å²) in [7, 11) is 0. The predicted octanol–water partition coefficient (Wildman–Crippen LogP) is 3.00. The fourth-order valence-corrected chi connectivity index (χ4v) is 2.63. The molecular formula is C14H15NO4S2. The van der Waals surface area contributed by atoms with Crippen LogP contribution in [0.5, 0.6) is 0 Å². The van der Waals surface area contributed by atoms with Gasteiger partial charge >= 0.3 is 5.97 Å². The highest BCUT2D eigenvalue weighted by Crippen LogP contribution is 2.24. The summed E-state index contributed by atoms with van der Waals surface area (Å²) in [4.78, 5) is 33.8. The Morgan fingerprint density at radius 1 is 1.19 bits per heavy atom. The Morgan fingerprint density at radius 2 is 1.71 bits per heavy atom. The van der Waals surface area contributed by atoms with Crippen LogP contribution in [0.25, 0.3) is 0 Å². The molecule has 0 aliphatic carbocycles. The predicted molar refractivity (Wildman–Crippen MR) is 87.4 cm³/mol. The van der Waals surface area contributed by atoms with Crippen molar-refractivity contribution >= 4 is 51.5 Å². The molecule has 7 heteroatoms. The van der Waals surface area contributed by atoms with Gasteiger partial charge in [-0.2, -0.15) is 0 Å². The molecule has 0 unspecified atom stereocenters. The van der Waals surface area contributed by atoms with Gasteiger partial charge in [-0.15, -0.1) is 0 Å². The van der Waals surface area contributed by atoms with Gasteiger partial charge in [0.1, 0.15) is 4.32 Å². The van der Waals surface area contributed by atoms with Crippen LogP contribution >= 0.6 is 24.0 Å². The van der Waals surface area contributed by atoms with Crippen LogP contribution in [0.1, 0.15) is 41.0 Å². The minimum Gasteiger partial charge on any atom is -0.481 e. The van der Waals surface area contributed by atoms with Gasteiger partial charge in [-0.25, -0.2) is 0 Å². The highest BCUT2D eigenvalue weighted by molar-refractivity contribution is 8.23. The number of ketones is 2. The van der Waals surface area contributed by atoms with E-state index in [0.717, 1.165) is 11.8 Å². The SMILES string of the molecule is CC(=O)c1cccc(C(C)=O)c1NC(=S)SCCC(=O)O. The van der Waals surface area contributed by atoms with Crippen molar-refractivity contribution in [3.63, 3.8) is 0 Å². The van der Waals surface area contributed by atoms with E-state index in [1.165, 1.54) is 13.8 Å². The van der Waals surface area contributed by atoms with E-state index in [0.29, 0.717) is 26.9 Å². The third kappa shape index (κ3) is 5.28. The number of carbonyl (C=O) groups is 3. The van der Waals surface area contributed by atoms with Gasteiger partial charge in [0.2, 0.25) is 0 Å². The Labute approximate surface area is 132 Å². The van der Waals surface area contributed by atoms with Crippen molar-refractivity contribution in [2.45, 2.75) is 20.3 Å². The number of carbonyl (C=O) groups excluding carboxylic acids is 2. The van der Waals surface area contributed by atoms with Crippen molar-refractivity contribution < 1.29 is 19.5 Å². The molecule has 0 fully saturated rings. The van der Waals surface area contributed by atoms with Crippen molar-refractivity contribution in [1.82, 2.24) is 0 Å². The molecule has 1 rings (SSSR count). The molecule has 0 saturated heterocycles. The fourth-order valence-electron chi connectivity index (χ4n) is 1.64. The van der Waals surface area contributed by atoms with E-state index in [2.05, 4.69) is 5.32 Å². The zero-order valence-corrected chi connectivity index (χ0v) is 13.3. The molecule has 0 atom stereocenters. The maximum Gasteiger partial charge on any atom is 0.304 e. The van der Waals surface area contributed by atoms with E-state index in [4.69, 9.17) is 17.3 Å². The average molecular weight is 325 g/mol. The Kier molecular flexibility index (Phi) is 6.51. The fraction of sp³-hybridized carbons (Fsp3) is 0.286. The van der Waals surface area contributed by atoms with Crippen LogP contribution in [0.3, 0.4) is 0 Å². The summed E-state index contributed by atoms with van der Waals surface area (Å²) in [6, 6.07) is 4.86. The molecule has 0 saturated carbocycles. The number of aliphatic carboxylic acids is 1. The lowest BCUT2D eigenvalue weighted by Crippen LogP contribution is -2.13. The quantitative estimate of drug-likeness (QED) is 0.614. The van der Waals surface area contributed by atoms with Crippen molar-refractivity contribution in [2.75, 3.05) is 11.1 Å². The third-order valence-electron chi connectivity index (χ3n) is 2.60. The minimum absolute atomic E-state index is 0.0135. The van der Waals surface area contributed by atoms with Gasteiger partial charge in [-0.1, -0.05) is 30.0 Å². The molecule has 0 aliphatic heterocycles. The molecule has 1 aromatic rings. The molecule has 0 heterocycles. The van der Waals surface area contributed by atoms with Crippen LogP contribution in [0, 0.1) is 0 Å². The number of carboxylic acids is 1. The van der Waals surface area contributed by atoms with Gasteiger partial charge in [0, 0.05) is 16.9 Å². The number of anilines is 1. The van der Waals surface area contributed by atoms with E-state index in [-0.39, 0.29) is 18.0 Å². The first-order valence-corrected chi connectivity index (χ1v) is 7.52. The summed E-state index contributed by atoms with van der Waals surface area (Å²) in [5.41, 5.74) is 1.14. The second-order valence-electron chi connectivity index (χ2n) is 4.25. The minimum atomic E-state index is -0.904. The van der Waals surface area contributed by atoms with Gasteiger partial charge in [-0.3, -0.25) is 14.4 Å². The molecular weight excluding hydrogens is 310 g/mol. The van der Waals surface area contributed by atoms with Gasteiger partial charge < -0.3 is 10.4 Å². The van der Waals surface area contributed by atoms with Crippen molar-refractivity contribution in [1.29, 1.82) is 0 Å². The number of Topliss-reactive ketones (excluding diaryl/α,β-unsaturated/α-hetero) is 2. The Balaban J connectivity index is 2.94. The van der Waals surface area contributed by atoms with Crippen LogP contribution < -0.4 is 5.32 Å². The molecule has 0 amide bonds. The van der Waals surface area contributed by atoms with Gasteiger partial charge in [0.15, 0.2) is 11.6 Å². The van der Waals surface area contributed by atoms with Crippen LogP contribution in [0.2, 0.25) is 0 Å². The number of hydrogen-bond acceptors (Lipinski definition) is 5. The molecule has 112 valence electrons. The number of rotatable bonds is 6. The number of hydrogen-bond donors (Lipinski definition) is 2. The molecule has 5 nitrogen and oxygen atoms in total. The number of nitrogens with one attached hydrogen (secondary N) is 1. The van der Waals surface area contributed by atoms with Gasteiger partial charge in [0.05, 0.1) is 12.1 Å². The lowest BCUT2D eigenvalue weighted by molar-refractivity contribution is -0.136. The lowest BCUT2D eigenvalue weighted by atomic mass is 10.0. The van der Waals surface area contributed by atoms with Crippen molar-refractivity contribution in [3.05, 3.63) is 29.3 Å². The molecule has 2 N–H and O–H groups in total. The number of benzene rings is 1. The first kappa shape index (κ1) is 17.3. The summed E-state index contributed by atoms with van der Waals surface area (Å²) in [5.74, 6) is -0.949. The highest BCUT2D eigenvalue weighted by Gasteiger charge is 2.16. The molecule has 0 aliphatic rings. The van der Waals surface area contributed by atoms with E-state index >= 15 is 0 Å². The topological polar surface area (TPSA) is 83.5 Å². The van der Waals surface area contributed by atoms with Crippen molar-refractivity contribution in [2.24, 2.45) is 0 Å². The first-order valence-electron chi connectivity index (χ1n) is 6.13. The van der Waals surface area contributed by atoms with Crippen LogP contribution in [-0.2, 0) is 4.79 Å². The maximum absolute atomic E-state index is 11.6. The summed E-state index contributed by atoms with van der Waals surface area (Å²) in [5, 5.41) is 11.5. The largest absolute Gasteiger partial charge is 0.481 e. The number of para-hydroxylation sites is 1. The first-order chi connectivity index (χ1) is 9.82. The number of thiocarbonyl (C=S) groups is 1. The van der Waals surface area contributed by atoms with Crippen LogP contribution in [-0.4, -0.2) is 32.7 Å². The smallest absolute Gasteiger partial charge is 0.304 e. The van der Waals surface area contributed by atoms with Gasteiger partial charge in [0.25, 0.3) is 0 Å². The van der Waals surface area contributed by atoms with E-state index in [1.807, 2.05) is 0 Å². The summed E-state index contributed by atoms with van der Waals surface area (Å²) in [6.07, 6.45) is -0.0135. The lowest BCUT2D eigenvalue weighted by Gasteiger charge is -2.14. The molecule has 0 spiro atoms. The monoisotopic (exact) mass is 325 g/mol. The third-order valence-corrected chi connectivity index (χ3v) is 3.83. The molecule has 0 radical (unpaired) electrons. The normalized spacial score (nSPS) is 10.0. The van der Waals surface area contributed by atoms with E-state index < -0.39 is 5.97 Å². The maximum atomic E-state index is 11.6. The number of thioether (sulfide) groups is 1. The standard InChI is InChI=1S/C14H15NO4S2/c1-8(16)10-4-3-5-11(9(2)17)13(10)15-14(20)21-7-6-12(18)19/h3-5H,6-7H2,1-2H3,(H,15,20)(H,18,19). The molecule has 0 bridgehead atoms. The zero-order chi connectivity index (χ0) is 16.0.